The number of rotatable bonds is 41. The minimum atomic E-state index is -0.0742. The average molecular weight is 715 g/mol. The highest BCUT2D eigenvalue weighted by atomic mass is 16.6. The van der Waals surface area contributed by atoms with E-state index in [0.717, 1.165) is 31.8 Å². The molecule has 0 bridgehead atoms. The molecule has 0 aliphatic rings. The molecule has 1 atom stereocenters. The van der Waals surface area contributed by atoms with Gasteiger partial charge < -0.3 is 14.2 Å². The van der Waals surface area contributed by atoms with E-state index in [9.17, 15) is 4.79 Å². The summed E-state index contributed by atoms with van der Waals surface area (Å²) in [6.07, 6.45) is 44.0. The van der Waals surface area contributed by atoms with E-state index in [0.29, 0.717) is 18.8 Å². The van der Waals surface area contributed by atoms with Crippen molar-refractivity contribution in [1.82, 2.24) is 0 Å². The number of hydrogen-bond donors (Lipinski definition) is 0. The van der Waals surface area contributed by atoms with Gasteiger partial charge in [-0.3, -0.25) is 4.79 Å². The maximum atomic E-state index is 11.6. The number of unbranched alkanes of at least 4 members (excludes halogenated alkanes) is 30. The van der Waals surface area contributed by atoms with Gasteiger partial charge in [0.25, 0.3) is 0 Å². The van der Waals surface area contributed by atoms with Crippen LogP contribution >= 0.6 is 0 Å². The fraction of sp³-hybridized carbons (Fsp3) is 0.851. The lowest BCUT2D eigenvalue weighted by Gasteiger charge is -2.19. The largest absolute Gasteiger partial charge is 0.491 e. The zero-order chi connectivity index (χ0) is 36.7. The molecule has 1 aromatic rings. The van der Waals surface area contributed by atoms with E-state index >= 15 is 0 Å². The number of carbonyl (C=O) groups is 1. The van der Waals surface area contributed by atoms with Gasteiger partial charge in [-0.25, -0.2) is 0 Å². The predicted molar refractivity (Wildman–Crippen MR) is 222 cm³/mol. The molecule has 0 unspecified atom stereocenters. The number of ketones is 1. The van der Waals surface area contributed by atoms with Crippen LogP contribution < -0.4 is 4.74 Å². The highest BCUT2D eigenvalue weighted by molar-refractivity contribution is 5.94. The molecule has 0 saturated heterocycles. The van der Waals surface area contributed by atoms with E-state index < -0.39 is 0 Å². The third kappa shape index (κ3) is 33.0. The summed E-state index contributed by atoms with van der Waals surface area (Å²) in [5, 5.41) is 0. The predicted octanol–water partition coefficient (Wildman–Crippen LogP) is 15.2. The van der Waals surface area contributed by atoms with Crippen LogP contribution in [0.1, 0.15) is 237 Å². The maximum Gasteiger partial charge on any atom is 0.159 e. The minimum Gasteiger partial charge on any atom is -0.491 e. The standard InChI is InChI=1S/C47H86O4/c1-4-6-8-10-12-14-16-18-20-22-24-26-28-30-32-34-40-49-42-47(43-51-46-38-36-45(37-39-46)44(3)48)50-41-35-33-31-29-27-25-23-21-19-17-15-13-11-9-7-5-2/h36-39,47H,4-35,40-43H2,1-3H3/t47-/m1/s1. The number of hydrogen-bond acceptors (Lipinski definition) is 4. The molecule has 1 aromatic carbocycles. The van der Waals surface area contributed by atoms with E-state index in [1.165, 1.54) is 193 Å². The zero-order valence-corrected chi connectivity index (χ0v) is 34.5. The van der Waals surface area contributed by atoms with Gasteiger partial charge in [-0.15, -0.1) is 0 Å². The van der Waals surface area contributed by atoms with Crippen LogP contribution in [0.25, 0.3) is 0 Å². The van der Waals surface area contributed by atoms with Gasteiger partial charge >= 0.3 is 0 Å². The van der Waals surface area contributed by atoms with E-state index in [2.05, 4.69) is 13.8 Å². The lowest BCUT2D eigenvalue weighted by Crippen LogP contribution is -2.28. The van der Waals surface area contributed by atoms with Gasteiger partial charge in [0.1, 0.15) is 18.5 Å². The molecule has 1 rings (SSSR count). The van der Waals surface area contributed by atoms with Gasteiger partial charge in [0.2, 0.25) is 0 Å². The fourth-order valence-electron chi connectivity index (χ4n) is 6.99. The van der Waals surface area contributed by atoms with Crippen molar-refractivity contribution in [1.29, 1.82) is 0 Å². The Morgan fingerprint density at radius 2 is 0.784 bits per heavy atom. The van der Waals surface area contributed by atoms with E-state index in [1.807, 2.05) is 24.3 Å². The second-order valence-corrected chi connectivity index (χ2v) is 15.6. The van der Waals surface area contributed by atoms with Gasteiger partial charge in [0.15, 0.2) is 5.78 Å². The Labute approximate surface area is 318 Å². The Morgan fingerprint density at radius 3 is 1.14 bits per heavy atom. The van der Waals surface area contributed by atoms with Crippen molar-refractivity contribution in [3.8, 4) is 5.75 Å². The summed E-state index contributed by atoms with van der Waals surface area (Å²) in [6.45, 7) is 8.78. The summed E-state index contributed by atoms with van der Waals surface area (Å²) in [7, 11) is 0. The van der Waals surface area contributed by atoms with Gasteiger partial charge in [-0.2, -0.15) is 0 Å². The van der Waals surface area contributed by atoms with E-state index in [4.69, 9.17) is 14.2 Å². The van der Waals surface area contributed by atoms with Crippen molar-refractivity contribution >= 4 is 5.78 Å². The molecule has 4 nitrogen and oxygen atoms in total. The summed E-state index contributed by atoms with van der Waals surface area (Å²) >= 11 is 0. The number of ether oxygens (including phenoxy) is 3. The van der Waals surface area contributed by atoms with Crippen molar-refractivity contribution in [3.63, 3.8) is 0 Å². The highest BCUT2D eigenvalue weighted by Gasteiger charge is 2.12. The highest BCUT2D eigenvalue weighted by Crippen LogP contribution is 2.17. The maximum absolute atomic E-state index is 11.6. The summed E-state index contributed by atoms with van der Waals surface area (Å²) < 4.78 is 18.4. The number of carbonyl (C=O) groups excluding carboxylic acids is 1. The van der Waals surface area contributed by atoms with Crippen LogP contribution in [-0.4, -0.2) is 38.3 Å². The van der Waals surface area contributed by atoms with Crippen LogP contribution in [0.4, 0.5) is 0 Å². The quantitative estimate of drug-likeness (QED) is 0.0500. The lowest BCUT2D eigenvalue weighted by molar-refractivity contribution is -0.0389. The fourth-order valence-corrected chi connectivity index (χ4v) is 6.99. The molecule has 0 aliphatic carbocycles. The van der Waals surface area contributed by atoms with Crippen LogP contribution in [0.3, 0.4) is 0 Å². The monoisotopic (exact) mass is 715 g/mol. The van der Waals surface area contributed by atoms with Crippen molar-refractivity contribution in [2.75, 3.05) is 26.4 Å². The number of benzene rings is 1. The topological polar surface area (TPSA) is 44.8 Å². The first kappa shape index (κ1) is 47.6. The average Bonchev–Trinajstić information content (AvgIpc) is 3.14. The van der Waals surface area contributed by atoms with Crippen molar-refractivity contribution in [2.45, 2.75) is 232 Å². The Bertz CT molecular complexity index is 837. The van der Waals surface area contributed by atoms with Gasteiger partial charge in [-0.1, -0.05) is 206 Å². The first-order valence-electron chi connectivity index (χ1n) is 22.6. The molecule has 0 spiro atoms. The second-order valence-electron chi connectivity index (χ2n) is 15.6. The Morgan fingerprint density at radius 1 is 0.451 bits per heavy atom. The zero-order valence-electron chi connectivity index (χ0n) is 34.5. The molecule has 51 heavy (non-hydrogen) atoms. The third-order valence-corrected chi connectivity index (χ3v) is 10.5. The molecular formula is C47H86O4. The molecular weight excluding hydrogens is 629 g/mol. The van der Waals surface area contributed by atoms with Gasteiger partial charge in [-0.05, 0) is 44.0 Å². The molecule has 0 amide bonds. The molecule has 0 heterocycles. The van der Waals surface area contributed by atoms with Crippen LogP contribution in [0.2, 0.25) is 0 Å². The summed E-state index contributed by atoms with van der Waals surface area (Å²) in [6, 6.07) is 7.41. The van der Waals surface area contributed by atoms with Gasteiger partial charge in [0.05, 0.1) is 6.61 Å². The Balaban J connectivity index is 2.09. The smallest absolute Gasteiger partial charge is 0.159 e. The van der Waals surface area contributed by atoms with Crippen LogP contribution in [-0.2, 0) is 9.47 Å². The molecule has 0 N–H and O–H groups in total. The first-order valence-corrected chi connectivity index (χ1v) is 22.6. The molecule has 0 aliphatic heterocycles. The van der Waals surface area contributed by atoms with Crippen molar-refractivity contribution in [2.24, 2.45) is 0 Å². The van der Waals surface area contributed by atoms with Gasteiger partial charge in [0, 0.05) is 18.8 Å². The van der Waals surface area contributed by atoms with Crippen molar-refractivity contribution < 1.29 is 19.0 Å². The number of Topliss-reactive ketones (excluding diaryl/α,β-unsaturated/α-hetero) is 1. The van der Waals surface area contributed by atoms with Crippen LogP contribution in [0.15, 0.2) is 24.3 Å². The van der Waals surface area contributed by atoms with Crippen LogP contribution in [0, 0.1) is 0 Å². The Kier molecular flexibility index (Phi) is 35.8. The molecule has 0 aromatic heterocycles. The SMILES string of the molecule is CCCCCCCCCCCCCCCCCCOC[C@H](COc1ccc(C(C)=O)cc1)OCCCCCCCCCCCCCCCCCC. The molecule has 0 radical (unpaired) electrons. The summed E-state index contributed by atoms with van der Waals surface area (Å²) in [4.78, 5) is 11.6. The van der Waals surface area contributed by atoms with E-state index in [-0.39, 0.29) is 11.9 Å². The third-order valence-electron chi connectivity index (χ3n) is 10.5. The Hall–Kier alpha value is -1.39. The van der Waals surface area contributed by atoms with E-state index in [1.54, 1.807) is 6.92 Å². The molecule has 4 heteroatoms. The molecule has 0 fully saturated rings. The first-order chi connectivity index (χ1) is 25.2. The second kappa shape index (κ2) is 38.3. The lowest BCUT2D eigenvalue weighted by atomic mass is 10.0. The van der Waals surface area contributed by atoms with Crippen LogP contribution in [0.5, 0.6) is 5.75 Å². The summed E-state index contributed by atoms with van der Waals surface area (Å²) in [5.41, 5.74) is 0.709. The minimum absolute atomic E-state index is 0.0732. The molecule has 0 saturated carbocycles. The normalized spacial score (nSPS) is 12.1. The molecule has 298 valence electrons. The van der Waals surface area contributed by atoms with Crippen molar-refractivity contribution in [3.05, 3.63) is 29.8 Å². The summed E-state index contributed by atoms with van der Waals surface area (Å²) in [5.74, 6) is 0.845.